The number of amides is 4. The summed E-state index contributed by atoms with van der Waals surface area (Å²) in [4.78, 5) is 43.3. The highest BCUT2D eigenvalue weighted by atomic mass is 16.5. The van der Waals surface area contributed by atoms with Crippen LogP contribution < -0.4 is 5.32 Å². The average Bonchev–Trinajstić information content (AvgIpc) is 3.06. The van der Waals surface area contributed by atoms with Gasteiger partial charge in [-0.1, -0.05) is 19.0 Å². The molecule has 0 radical (unpaired) electrons. The summed E-state index contributed by atoms with van der Waals surface area (Å²) >= 11 is 0. The molecule has 1 aromatic rings. The predicted octanol–water partition coefficient (Wildman–Crippen LogP) is 0.916. The van der Waals surface area contributed by atoms with Gasteiger partial charge >= 0.3 is 6.03 Å². The lowest BCUT2D eigenvalue weighted by Gasteiger charge is -2.33. The van der Waals surface area contributed by atoms with Crippen LogP contribution in [0.15, 0.2) is 4.52 Å². The summed E-state index contributed by atoms with van der Waals surface area (Å²) in [7, 11) is 0. The van der Waals surface area contributed by atoms with Crippen molar-refractivity contribution >= 4 is 17.8 Å². The Labute approximate surface area is 152 Å². The third kappa shape index (κ3) is 4.20. The lowest BCUT2D eigenvalue weighted by molar-refractivity contribution is -0.139. The molecule has 2 aliphatic heterocycles. The van der Waals surface area contributed by atoms with Crippen molar-refractivity contribution in [3.05, 3.63) is 11.7 Å². The van der Waals surface area contributed by atoms with Crippen LogP contribution in [-0.2, 0) is 16.0 Å². The number of nitrogens with one attached hydrogen (secondary N) is 1. The van der Waals surface area contributed by atoms with Crippen molar-refractivity contribution in [2.75, 3.05) is 26.2 Å². The highest BCUT2D eigenvalue weighted by molar-refractivity contribution is 6.00. The Morgan fingerprint density at radius 2 is 2.19 bits per heavy atom. The monoisotopic (exact) mass is 363 g/mol. The molecule has 1 unspecified atom stereocenters. The number of urea groups is 1. The molecule has 0 saturated carbocycles. The Morgan fingerprint density at radius 1 is 1.38 bits per heavy atom. The van der Waals surface area contributed by atoms with Crippen LogP contribution in [0, 0.1) is 5.92 Å². The Kier molecular flexibility index (Phi) is 5.53. The number of hydrogen-bond acceptors (Lipinski definition) is 6. The van der Waals surface area contributed by atoms with Crippen LogP contribution in [0.4, 0.5) is 4.79 Å². The normalized spacial score (nSPS) is 21.3. The number of likely N-dealkylation sites (tertiary alicyclic amines) is 1. The first-order valence-electron chi connectivity index (χ1n) is 9.12. The number of carbonyl (C=O) groups is 3. The Morgan fingerprint density at radius 3 is 2.92 bits per heavy atom. The smallest absolute Gasteiger partial charge is 0.324 e. The summed E-state index contributed by atoms with van der Waals surface area (Å²) in [5.74, 6) is 1.14. The molecule has 0 aromatic carbocycles. The molecule has 2 saturated heterocycles. The fourth-order valence-corrected chi connectivity index (χ4v) is 3.30. The van der Waals surface area contributed by atoms with Gasteiger partial charge in [-0.25, -0.2) is 4.79 Å². The van der Waals surface area contributed by atoms with Crippen LogP contribution in [0.25, 0.3) is 0 Å². The van der Waals surface area contributed by atoms with E-state index < -0.39 is 6.03 Å². The molecule has 2 aliphatic rings. The molecule has 0 bridgehead atoms. The van der Waals surface area contributed by atoms with Gasteiger partial charge in [0.1, 0.15) is 6.54 Å². The fraction of sp³-hybridized carbons (Fsp3) is 0.706. The zero-order chi connectivity index (χ0) is 18.7. The SMILES string of the molecule is CC(C)Cc1noc(C2CCCN(C(=O)CN3C(=O)CCNC3=O)C2)n1. The van der Waals surface area contributed by atoms with Crippen molar-refractivity contribution in [2.24, 2.45) is 5.92 Å². The minimum atomic E-state index is -0.501. The molecule has 1 aromatic heterocycles. The van der Waals surface area contributed by atoms with E-state index in [0.29, 0.717) is 37.3 Å². The maximum absolute atomic E-state index is 12.6. The number of imide groups is 1. The molecule has 3 rings (SSSR count). The van der Waals surface area contributed by atoms with Crippen LogP contribution in [-0.4, -0.2) is 64.0 Å². The van der Waals surface area contributed by atoms with Crippen molar-refractivity contribution in [3.8, 4) is 0 Å². The quantitative estimate of drug-likeness (QED) is 0.833. The van der Waals surface area contributed by atoms with E-state index in [1.807, 2.05) is 0 Å². The van der Waals surface area contributed by atoms with Crippen LogP contribution in [0.5, 0.6) is 0 Å². The third-order valence-corrected chi connectivity index (χ3v) is 4.65. The van der Waals surface area contributed by atoms with Crippen molar-refractivity contribution < 1.29 is 18.9 Å². The van der Waals surface area contributed by atoms with E-state index in [9.17, 15) is 14.4 Å². The van der Waals surface area contributed by atoms with Gasteiger partial charge in [-0.3, -0.25) is 14.5 Å². The number of rotatable bonds is 5. The van der Waals surface area contributed by atoms with E-state index in [-0.39, 0.29) is 30.7 Å². The second kappa shape index (κ2) is 7.84. The third-order valence-electron chi connectivity index (χ3n) is 4.65. The van der Waals surface area contributed by atoms with Gasteiger partial charge in [-0.15, -0.1) is 0 Å². The molecule has 26 heavy (non-hydrogen) atoms. The van der Waals surface area contributed by atoms with Crippen LogP contribution in [0.3, 0.4) is 0 Å². The van der Waals surface area contributed by atoms with E-state index in [2.05, 4.69) is 29.3 Å². The molecular weight excluding hydrogens is 338 g/mol. The lowest BCUT2D eigenvalue weighted by atomic mass is 9.98. The first-order chi connectivity index (χ1) is 12.4. The maximum atomic E-state index is 12.6. The van der Waals surface area contributed by atoms with Crippen molar-refractivity contribution in [1.29, 1.82) is 0 Å². The zero-order valence-electron chi connectivity index (χ0n) is 15.2. The van der Waals surface area contributed by atoms with Gasteiger partial charge in [0.15, 0.2) is 5.82 Å². The lowest BCUT2D eigenvalue weighted by Crippen LogP contribution is -2.54. The van der Waals surface area contributed by atoms with E-state index in [4.69, 9.17) is 4.52 Å². The second-order valence-corrected chi connectivity index (χ2v) is 7.29. The molecule has 1 atom stereocenters. The summed E-state index contributed by atoms with van der Waals surface area (Å²) in [6.45, 7) is 5.35. The Balaban J connectivity index is 1.60. The van der Waals surface area contributed by atoms with Crippen LogP contribution >= 0.6 is 0 Å². The van der Waals surface area contributed by atoms with Gasteiger partial charge in [0.05, 0.1) is 5.92 Å². The molecule has 9 nitrogen and oxygen atoms in total. The minimum Gasteiger partial charge on any atom is -0.340 e. The topological polar surface area (TPSA) is 109 Å². The molecule has 0 spiro atoms. The molecule has 9 heteroatoms. The van der Waals surface area contributed by atoms with E-state index in [1.165, 1.54) is 0 Å². The maximum Gasteiger partial charge on any atom is 0.324 e. The number of hydrogen-bond donors (Lipinski definition) is 1. The fourth-order valence-electron chi connectivity index (χ4n) is 3.30. The van der Waals surface area contributed by atoms with E-state index in [1.54, 1.807) is 4.90 Å². The second-order valence-electron chi connectivity index (χ2n) is 7.29. The van der Waals surface area contributed by atoms with E-state index >= 15 is 0 Å². The largest absolute Gasteiger partial charge is 0.340 e. The average molecular weight is 363 g/mol. The number of carbonyl (C=O) groups excluding carboxylic acids is 3. The van der Waals surface area contributed by atoms with Gasteiger partial charge < -0.3 is 14.7 Å². The molecule has 1 N–H and O–H groups in total. The molecule has 2 fully saturated rings. The highest BCUT2D eigenvalue weighted by Gasteiger charge is 2.32. The van der Waals surface area contributed by atoms with Gasteiger partial charge in [0.2, 0.25) is 17.7 Å². The van der Waals surface area contributed by atoms with Crippen molar-refractivity contribution in [2.45, 2.75) is 45.4 Å². The molecule has 4 amide bonds. The van der Waals surface area contributed by atoms with Gasteiger partial charge in [-0.2, -0.15) is 4.98 Å². The summed E-state index contributed by atoms with van der Waals surface area (Å²) in [5, 5.41) is 6.61. The standard InChI is InChI=1S/C17H25N5O4/c1-11(2)8-13-19-16(26-20-13)12-4-3-7-21(9-12)15(24)10-22-14(23)5-6-18-17(22)25/h11-12H,3-10H2,1-2H3,(H,18,25). The number of piperidine rings is 1. The van der Waals surface area contributed by atoms with E-state index in [0.717, 1.165) is 24.2 Å². The summed E-state index contributed by atoms with van der Waals surface area (Å²) in [5.41, 5.74) is 0. The number of aromatic nitrogens is 2. The van der Waals surface area contributed by atoms with Gasteiger partial charge in [0.25, 0.3) is 0 Å². The Hall–Kier alpha value is -2.45. The minimum absolute atomic E-state index is 0.00741. The van der Waals surface area contributed by atoms with Gasteiger partial charge in [-0.05, 0) is 18.8 Å². The van der Waals surface area contributed by atoms with Crippen molar-refractivity contribution in [1.82, 2.24) is 25.3 Å². The highest BCUT2D eigenvalue weighted by Crippen LogP contribution is 2.26. The summed E-state index contributed by atoms with van der Waals surface area (Å²) in [6.07, 6.45) is 2.67. The summed E-state index contributed by atoms with van der Waals surface area (Å²) in [6, 6.07) is -0.501. The first kappa shape index (κ1) is 18.3. The van der Waals surface area contributed by atoms with Crippen LogP contribution in [0.2, 0.25) is 0 Å². The number of nitrogens with zero attached hydrogens (tertiary/aromatic N) is 4. The molecule has 142 valence electrons. The zero-order valence-corrected chi connectivity index (χ0v) is 15.2. The van der Waals surface area contributed by atoms with Gasteiger partial charge in [0, 0.05) is 32.5 Å². The molecule has 3 heterocycles. The molecular formula is C17H25N5O4. The molecule has 0 aliphatic carbocycles. The first-order valence-corrected chi connectivity index (χ1v) is 9.12. The predicted molar refractivity (Wildman–Crippen MR) is 91.1 cm³/mol. The van der Waals surface area contributed by atoms with Crippen molar-refractivity contribution in [3.63, 3.8) is 0 Å². The Bertz CT molecular complexity index is 670. The summed E-state index contributed by atoms with van der Waals surface area (Å²) < 4.78 is 5.39. The van der Waals surface area contributed by atoms with Crippen LogP contribution in [0.1, 0.15) is 50.7 Å².